The third kappa shape index (κ3) is 4.94. The summed E-state index contributed by atoms with van der Waals surface area (Å²) in [7, 11) is 0. The Morgan fingerprint density at radius 1 is 1.33 bits per heavy atom. The molecule has 112 valence electrons. The van der Waals surface area contributed by atoms with E-state index in [1.807, 2.05) is 30.3 Å². The second-order valence-electron chi connectivity index (χ2n) is 5.29. The molecule has 2 atom stereocenters. The molecule has 5 heteroatoms. The summed E-state index contributed by atoms with van der Waals surface area (Å²) in [6.07, 6.45) is 4.31. The molecule has 1 aliphatic rings. The summed E-state index contributed by atoms with van der Waals surface area (Å²) in [4.78, 5) is 13.3. The quantitative estimate of drug-likeness (QED) is 0.661. The second kappa shape index (κ2) is 8.31. The van der Waals surface area contributed by atoms with E-state index in [0.29, 0.717) is 5.92 Å². The third-order valence-electron chi connectivity index (χ3n) is 3.87. The van der Waals surface area contributed by atoms with Crippen molar-refractivity contribution in [1.29, 1.82) is 5.26 Å². The van der Waals surface area contributed by atoms with Crippen LogP contribution in [-0.4, -0.2) is 18.2 Å². The summed E-state index contributed by atoms with van der Waals surface area (Å²) < 4.78 is 0. The smallest absolute Gasteiger partial charge is 0.224 e. The summed E-state index contributed by atoms with van der Waals surface area (Å²) in [6, 6.07) is 9.78. The minimum atomic E-state index is 0.0398. The first-order valence-corrected chi connectivity index (χ1v) is 8.60. The second-order valence-corrected chi connectivity index (χ2v) is 6.82. The largest absolute Gasteiger partial charge is 0.343 e. The van der Waals surface area contributed by atoms with Gasteiger partial charge in [-0.3, -0.25) is 4.79 Å². The van der Waals surface area contributed by atoms with E-state index >= 15 is 0 Å². The van der Waals surface area contributed by atoms with Gasteiger partial charge in [0.15, 0.2) is 0 Å². The lowest BCUT2D eigenvalue weighted by atomic mass is 9.80. The van der Waals surface area contributed by atoms with Gasteiger partial charge >= 0.3 is 0 Å². The Kier molecular flexibility index (Phi) is 6.41. The number of nitrogens with one attached hydrogen (secondary N) is 1. The van der Waals surface area contributed by atoms with Crippen LogP contribution >= 0.6 is 23.4 Å². The van der Waals surface area contributed by atoms with Crippen molar-refractivity contribution in [3.05, 3.63) is 29.3 Å². The van der Waals surface area contributed by atoms with E-state index in [2.05, 4.69) is 5.32 Å². The first-order chi connectivity index (χ1) is 10.2. The predicted octanol–water partition coefficient (Wildman–Crippen LogP) is 3.88. The molecule has 3 nitrogen and oxygen atoms in total. The first-order valence-electron chi connectivity index (χ1n) is 7.23. The highest BCUT2D eigenvalue weighted by Crippen LogP contribution is 2.34. The van der Waals surface area contributed by atoms with Gasteiger partial charge < -0.3 is 5.32 Å². The third-order valence-corrected chi connectivity index (χ3v) is 5.32. The Hall–Kier alpha value is -1.18. The van der Waals surface area contributed by atoms with Crippen molar-refractivity contribution in [2.45, 2.75) is 30.6 Å². The van der Waals surface area contributed by atoms with Crippen LogP contribution in [-0.2, 0) is 4.79 Å². The highest BCUT2D eigenvalue weighted by molar-refractivity contribution is 7.99. The van der Waals surface area contributed by atoms with Gasteiger partial charge in [0, 0.05) is 21.6 Å². The molecule has 21 heavy (non-hydrogen) atoms. The molecule has 1 fully saturated rings. The molecule has 0 aromatic heterocycles. The Morgan fingerprint density at radius 3 is 2.76 bits per heavy atom. The van der Waals surface area contributed by atoms with E-state index in [0.717, 1.165) is 30.0 Å². The molecule has 1 aliphatic carbocycles. The van der Waals surface area contributed by atoms with Crippen LogP contribution in [0.3, 0.4) is 0 Å². The monoisotopic (exact) mass is 322 g/mol. The van der Waals surface area contributed by atoms with Crippen LogP contribution < -0.4 is 5.32 Å². The highest BCUT2D eigenvalue weighted by Gasteiger charge is 2.30. The molecule has 1 saturated carbocycles. The summed E-state index contributed by atoms with van der Waals surface area (Å²) in [5.74, 6) is 1.41. The van der Waals surface area contributed by atoms with Crippen LogP contribution in [0.1, 0.15) is 25.7 Å². The highest BCUT2D eigenvalue weighted by atomic mass is 35.5. The first kappa shape index (κ1) is 16.2. The fourth-order valence-corrected chi connectivity index (χ4v) is 4.00. The molecule has 1 N–H and O–H groups in total. The van der Waals surface area contributed by atoms with E-state index in [1.165, 1.54) is 11.3 Å². The number of carbonyl (C=O) groups is 1. The van der Waals surface area contributed by atoms with Crippen LogP contribution in [0.4, 0.5) is 0 Å². The lowest BCUT2D eigenvalue weighted by Crippen LogP contribution is -2.37. The molecule has 0 saturated heterocycles. The Bertz CT molecular complexity index is 512. The topological polar surface area (TPSA) is 52.9 Å². The minimum Gasteiger partial charge on any atom is -0.343 e. The lowest BCUT2D eigenvalue weighted by Gasteiger charge is -2.30. The van der Waals surface area contributed by atoms with Crippen molar-refractivity contribution in [3.8, 4) is 6.07 Å². The number of amides is 1. The molecule has 2 unspecified atom stereocenters. The molecular weight excluding hydrogens is 304 g/mol. The van der Waals surface area contributed by atoms with Crippen LogP contribution in [0.5, 0.6) is 0 Å². The summed E-state index contributed by atoms with van der Waals surface area (Å²) in [6.45, 7) is 0.104. The number of nitrogens with zero attached hydrogens (tertiary/aromatic N) is 1. The van der Waals surface area contributed by atoms with E-state index in [-0.39, 0.29) is 18.4 Å². The molecule has 1 amide bonds. The van der Waals surface area contributed by atoms with Gasteiger partial charge in [-0.2, -0.15) is 5.26 Å². The fraction of sp³-hybridized carbons (Fsp3) is 0.500. The van der Waals surface area contributed by atoms with E-state index in [4.69, 9.17) is 16.9 Å². The van der Waals surface area contributed by atoms with Crippen LogP contribution in [0.15, 0.2) is 29.2 Å². The normalized spacial score (nSPS) is 21.5. The van der Waals surface area contributed by atoms with Crippen LogP contribution in [0.2, 0.25) is 5.02 Å². The maximum atomic E-state index is 12.1. The maximum Gasteiger partial charge on any atom is 0.224 e. The summed E-state index contributed by atoms with van der Waals surface area (Å²) >= 11 is 7.66. The molecule has 0 spiro atoms. The van der Waals surface area contributed by atoms with Gasteiger partial charge in [-0.05, 0) is 43.0 Å². The molecule has 1 aromatic carbocycles. The maximum absolute atomic E-state index is 12.1. The number of thioether (sulfide) groups is 1. The number of halogens is 1. The Balaban J connectivity index is 1.91. The molecule has 1 aromatic rings. The standard InChI is InChI=1S/C16H19ClN2OS/c17-13-5-7-14(8-6-13)21-11-12-3-1-2-4-15(12)16(20)19-10-9-18/h5-8,12,15H,1-4,10-11H2,(H,19,20). The Labute approximate surface area is 135 Å². The van der Waals surface area contributed by atoms with Gasteiger partial charge in [0.1, 0.15) is 6.54 Å². The van der Waals surface area contributed by atoms with Gasteiger partial charge in [-0.15, -0.1) is 11.8 Å². The SMILES string of the molecule is N#CCNC(=O)C1CCCCC1CSc1ccc(Cl)cc1. The molecule has 2 rings (SSSR count). The van der Waals surface area contributed by atoms with Gasteiger partial charge in [0.25, 0.3) is 0 Å². The fourth-order valence-electron chi connectivity index (χ4n) is 2.74. The number of carbonyl (C=O) groups excluding carboxylic acids is 1. The minimum absolute atomic E-state index is 0.0398. The molecular formula is C16H19ClN2OS. The number of rotatable bonds is 5. The van der Waals surface area contributed by atoms with Crippen molar-refractivity contribution >= 4 is 29.3 Å². The van der Waals surface area contributed by atoms with Gasteiger partial charge in [0.05, 0.1) is 6.07 Å². The molecule has 0 bridgehead atoms. The molecule has 0 radical (unpaired) electrons. The van der Waals surface area contributed by atoms with Gasteiger partial charge in [-0.1, -0.05) is 24.4 Å². The van der Waals surface area contributed by atoms with Crippen molar-refractivity contribution in [1.82, 2.24) is 5.32 Å². The molecule has 0 heterocycles. The number of benzene rings is 1. The lowest BCUT2D eigenvalue weighted by molar-refractivity contribution is -0.127. The van der Waals surface area contributed by atoms with Crippen LogP contribution in [0.25, 0.3) is 0 Å². The summed E-state index contributed by atoms with van der Waals surface area (Å²) in [5, 5.41) is 12.0. The van der Waals surface area contributed by atoms with Crippen molar-refractivity contribution in [2.75, 3.05) is 12.3 Å². The Morgan fingerprint density at radius 2 is 2.05 bits per heavy atom. The van der Waals surface area contributed by atoms with Crippen molar-refractivity contribution in [3.63, 3.8) is 0 Å². The van der Waals surface area contributed by atoms with E-state index < -0.39 is 0 Å². The van der Waals surface area contributed by atoms with Crippen LogP contribution in [0, 0.1) is 23.2 Å². The molecule has 0 aliphatic heterocycles. The number of nitriles is 1. The average molecular weight is 323 g/mol. The van der Waals surface area contributed by atoms with Crippen molar-refractivity contribution < 1.29 is 4.79 Å². The zero-order valence-corrected chi connectivity index (χ0v) is 13.4. The van der Waals surface area contributed by atoms with Crippen molar-refractivity contribution in [2.24, 2.45) is 11.8 Å². The zero-order valence-electron chi connectivity index (χ0n) is 11.8. The number of hydrogen-bond donors (Lipinski definition) is 1. The number of hydrogen-bond acceptors (Lipinski definition) is 3. The van der Waals surface area contributed by atoms with E-state index in [9.17, 15) is 4.79 Å². The van der Waals surface area contributed by atoms with E-state index in [1.54, 1.807) is 11.8 Å². The zero-order chi connectivity index (χ0) is 15.1. The summed E-state index contributed by atoms with van der Waals surface area (Å²) in [5.41, 5.74) is 0. The van der Waals surface area contributed by atoms with Gasteiger partial charge in [-0.25, -0.2) is 0 Å². The van der Waals surface area contributed by atoms with Gasteiger partial charge in [0.2, 0.25) is 5.91 Å². The predicted molar refractivity (Wildman–Crippen MR) is 86.2 cm³/mol. The average Bonchev–Trinajstić information content (AvgIpc) is 2.52.